The molecule has 1 heterocycles. The maximum Gasteiger partial charge on any atom is 0.106 e. The van der Waals surface area contributed by atoms with Gasteiger partial charge >= 0.3 is 0 Å². The van der Waals surface area contributed by atoms with Crippen LogP contribution in [0.2, 0.25) is 0 Å². The molecule has 0 aromatic carbocycles. The maximum atomic E-state index is 8.26. The Hall–Kier alpha value is -0.410. The summed E-state index contributed by atoms with van der Waals surface area (Å²) >= 11 is 0. The molecular weight excluding hydrogens is 92.1 g/mol. The van der Waals surface area contributed by atoms with Gasteiger partial charge in [0.2, 0.25) is 0 Å². The Bertz CT molecular complexity index is 132. The second-order valence-corrected chi connectivity index (χ2v) is 2.00. The van der Waals surface area contributed by atoms with Gasteiger partial charge in [-0.15, -0.1) is 0 Å². The summed E-state index contributed by atoms with van der Waals surface area (Å²) in [7, 11) is 0. The average molecular weight is 98.1 g/mol. The number of hydrogen-bond acceptors (Lipinski definition) is 3. The minimum absolute atomic E-state index is 0.259. The zero-order valence-electron chi connectivity index (χ0n) is 3.76. The molecule has 2 N–H and O–H groups in total. The summed E-state index contributed by atoms with van der Waals surface area (Å²) < 4.78 is 0. The Morgan fingerprint density at radius 2 is 2.71 bits per heavy atom. The van der Waals surface area contributed by atoms with Gasteiger partial charge in [0.05, 0.1) is 6.04 Å². The number of hydrogen-bond donors (Lipinski definition) is 2. The first-order chi connectivity index (χ1) is 3.42. The Labute approximate surface area is 41.0 Å². The third-order valence-corrected chi connectivity index (χ3v) is 1.55. The highest BCUT2D eigenvalue weighted by Gasteiger charge is 2.46. The van der Waals surface area contributed by atoms with E-state index in [0.717, 1.165) is 6.42 Å². The van der Waals surface area contributed by atoms with Crippen molar-refractivity contribution in [1.29, 1.82) is 0 Å². The summed E-state index contributed by atoms with van der Waals surface area (Å²) in [5.41, 5.74) is 3.45. The van der Waals surface area contributed by atoms with Gasteiger partial charge in [-0.2, -0.15) is 5.48 Å². The quantitative estimate of drug-likeness (QED) is 0.437. The zero-order chi connectivity index (χ0) is 4.85. The minimum Gasteiger partial charge on any atom is -0.316 e. The fraction of sp³-hybridized carbons (Fsp3) is 0.750. The van der Waals surface area contributed by atoms with Crippen LogP contribution in [0.1, 0.15) is 6.42 Å². The smallest absolute Gasteiger partial charge is 0.106 e. The molecule has 0 aromatic heterocycles. The lowest BCUT2D eigenvalue weighted by Crippen LogP contribution is -2.42. The fourth-order valence-electron chi connectivity index (χ4n) is 0.930. The predicted molar refractivity (Wildman–Crippen MR) is 24.6 cm³/mol. The summed E-state index contributed by atoms with van der Waals surface area (Å²) in [5.74, 6) is 0. The van der Waals surface area contributed by atoms with Gasteiger partial charge in [0, 0.05) is 12.1 Å². The van der Waals surface area contributed by atoms with E-state index in [1.54, 1.807) is 0 Å². The van der Waals surface area contributed by atoms with Crippen molar-refractivity contribution >= 4 is 5.71 Å². The van der Waals surface area contributed by atoms with Gasteiger partial charge in [-0.25, -0.2) is 0 Å². The summed E-state index contributed by atoms with van der Waals surface area (Å²) in [6, 6.07) is 0.653. The topological polar surface area (TPSA) is 44.6 Å². The molecule has 3 heteroatoms. The average Bonchev–Trinajstić information content (AvgIpc) is 2.18. The normalized spacial score (nSPS) is 43.9. The van der Waals surface area contributed by atoms with Gasteiger partial charge in [0.25, 0.3) is 0 Å². The van der Waals surface area contributed by atoms with Crippen molar-refractivity contribution in [1.82, 2.24) is 5.48 Å². The highest BCUT2D eigenvalue weighted by molar-refractivity contribution is 6.07. The van der Waals surface area contributed by atoms with E-state index in [1.807, 2.05) is 0 Å². The van der Waals surface area contributed by atoms with Gasteiger partial charge in [-0.1, -0.05) is 0 Å². The molecule has 2 aliphatic rings. The molecule has 1 aliphatic heterocycles. The number of aliphatic imine (C=N–C) groups is 1. The molecule has 0 aromatic rings. The van der Waals surface area contributed by atoms with Gasteiger partial charge in [0.15, 0.2) is 0 Å². The molecule has 1 aliphatic carbocycles. The van der Waals surface area contributed by atoms with Crippen LogP contribution in [0.5, 0.6) is 0 Å². The minimum atomic E-state index is 0.259. The highest BCUT2D eigenvalue weighted by atomic mass is 16.5. The Kier molecular flexibility index (Phi) is 0.448. The zero-order valence-corrected chi connectivity index (χ0v) is 3.76. The van der Waals surface area contributed by atoms with Gasteiger partial charge in [-0.05, 0) is 0 Å². The van der Waals surface area contributed by atoms with Crippen LogP contribution < -0.4 is 5.48 Å². The van der Waals surface area contributed by atoms with Crippen LogP contribution in [0.3, 0.4) is 0 Å². The van der Waals surface area contributed by atoms with E-state index >= 15 is 0 Å². The SMILES string of the molecule is ONC1CC2=NC21. The highest BCUT2D eigenvalue weighted by Crippen LogP contribution is 2.32. The number of nitrogens with one attached hydrogen (secondary N) is 1. The Morgan fingerprint density at radius 1 is 1.86 bits per heavy atom. The number of fused-ring (bicyclic) bond motifs is 1. The van der Waals surface area contributed by atoms with Crippen molar-refractivity contribution in [3.63, 3.8) is 0 Å². The predicted octanol–water partition coefficient (Wildman–Crippen LogP) is -0.439. The lowest BCUT2D eigenvalue weighted by molar-refractivity contribution is 0.122. The first-order valence-electron chi connectivity index (χ1n) is 2.38. The van der Waals surface area contributed by atoms with Crippen LogP contribution in [0.25, 0.3) is 0 Å². The third-order valence-electron chi connectivity index (χ3n) is 1.55. The standard InChI is InChI=1S/C4H6N2O/c7-6-3-1-2-4(3)5-2/h3-4,6-7H,1H2. The van der Waals surface area contributed by atoms with Crippen LogP contribution in [-0.2, 0) is 0 Å². The molecule has 1 saturated carbocycles. The van der Waals surface area contributed by atoms with Crippen molar-refractivity contribution in [2.45, 2.75) is 18.5 Å². The molecule has 3 nitrogen and oxygen atoms in total. The van der Waals surface area contributed by atoms with E-state index in [2.05, 4.69) is 10.5 Å². The van der Waals surface area contributed by atoms with Gasteiger partial charge in [0.1, 0.15) is 6.04 Å². The van der Waals surface area contributed by atoms with Crippen molar-refractivity contribution in [3.05, 3.63) is 0 Å². The first kappa shape index (κ1) is 3.57. The molecule has 0 saturated heterocycles. The maximum absolute atomic E-state index is 8.26. The summed E-state index contributed by atoms with van der Waals surface area (Å²) in [6.45, 7) is 0. The van der Waals surface area contributed by atoms with Gasteiger partial charge in [-0.3, -0.25) is 4.99 Å². The van der Waals surface area contributed by atoms with Crippen molar-refractivity contribution < 1.29 is 5.21 Å². The third kappa shape index (κ3) is 0.296. The Morgan fingerprint density at radius 3 is 2.86 bits per heavy atom. The van der Waals surface area contributed by atoms with Crippen LogP contribution in [0.4, 0.5) is 0 Å². The van der Waals surface area contributed by atoms with E-state index in [1.165, 1.54) is 5.71 Å². The van der Waals surface area contributed by atoms with Crippen LogP contribution in [0, 0.1) is 0 Å². The molecule has 2 rings (SSSR count). The summed E-state index contributed by atoms with van der Waals surface area (Å²) in [5, 5.41) is 8.26. The second kappa shape index (κ2) is 0.877. The molecular formula is C4H6N2O. The van der Waals surface area contributed by atoms with Crippen LogP contribution in [0.15, 0.2) is 4.99 Å². The first-order valence-corrected chi connectivity index (χ1v) is 2.38. The van der Waals surface area contributed by atoms with Crippen LogP contribution in [-0.4, -0.2) is 23.0 Å². The molecule has 1 fully saturated rings. The molecule has 2 unspecified atom stereocenters. The summed E-state index contributed by atoms with van der Waals surface area (Å²) in [6.07, 6.45) is 0.959. The number of nitrogens with zero attached hydrogens (tertiary/aromatic N) is 1. The summed E-state index contributed by atoms with van der Waals surface area (Å²) in [4.78, 5) is 4.01. The Balaban J connectivity index is 1.96. The fourth-order valence-corrected chi connectivity index (χ4v) is 0.930. The largest absolute Gasteiger partial charge is 0.316 e. The molecule has 2 atom stereocenters. The number of hydroxylamine groups is 1. The van der Waals surface area contributed by atoms with E-state index in [4.69, 9.17) is 5.21 Å². The van der Waals surface area contributed by atoms with E-state index in [-0.39, 0.29) is 6.04 Å². The molecule has 0 radical (unpaired) electrons. The van der Waals surface area contributed by atoms with E-state index in [0.29, 0.717) is 6.04 Å². The lowest BCUT2D eigenvalue weighted by atomic mass is 9.94. The second-order valence-electron chi connectivity index (χ2n) is 2.00. The number of rotatable bonds is 1. The van der Waals surface area contributed by atoms with E-state index < -0.39 is 0 Å². The van der Waals surface area contributed by atoms with Crippen molar-refractivity contribution in [2.75, 3.05) is 0 Å². The molecule has 0 spiro atoms. The van der Waals surface area contributed by atoms with Crippen molar-refractivity contribution in [2.24, 2.45) is 4.99 Å². The van der Waals surface area contributed by atoms with Crippen molar-refractivity contribution in [3.8, 4) is 0 Å². The lowest BCUT2D eigenvalue weighted by Gasteiger charge is -2.18. The van der Waals surface area contributed by atoms with Crippen LogP contribution >= 0.6 is 0 Å². The molecule has 0 bridgehead atoms. The monoisotopic (exact) mass is 98.0 g/mol. The molecule has 0 amide bonds. The molecule has 38 valence electrons. The van der Waals surface area contributed by atoms with Gasteiger partial charge < -0.3 is 5.21 Å². The van der Waals surface area contributed by atoms with E-state index in [9.17, 15) is 0 Å². The molecule has 7 heavy (non-hydrogen) atoms.